The number of nitrogens with one attached hydrogen (secondary N) is 1. The molecular formula is C20H16Cl2N2O3. The molecule has 2 aromatic carbocycles. The number of carbonyl (C=O) groups excluding carboxylic acids is 2. The van der Waals surface area contributed by atoms with Crippen LogP contribution in [0.25, 0.3) is 0 Å². The van der Waals surface area contributed by atoms with Gasteiger partial charge in [-0.05, 0) is 48.4 Å². The Hall–Kier alpha value is -2.81. The van der Waals surface area contributed by atoms with Gasteiger partial charge in [-0.25, -0.2) is 0 Å². The molecule has 1 amide bonds. The summed E-state index contributed by atoms with van der Waals surface area (Å²) in [6, 6.07) is 11.4. The van der Waals surface area contributed by atoms with Crippen molar-refractivity contribution in [2.24, 2.45) is 0 Å². The second-order valence-corrected chi connectivity index (χ2v) is 6.31. The Labute approximate surface area is 167 Å². The summed E-state index contributed by atoms with van der Waals surface area (Å²) < 4.78 is 5.40. The zero-order chi connectivity index (χ0) is 20.0. The van der Waals surface area contributed by atoms with Gasteiger partial charge in [0.1, 0.15) is 10.8 Å². The fourth-order valence-corrected chi connectivity index (χ4v) is 2.60. The predicted octanol–water partition coefficient (Wildman–Crippen LogP) is 5.03. The lowest BCUT2D eigenvalue weighted by Gasteiger charge is -2.12. The highest BCUT2D eigenvalue weighted by Gasteiger charge is 2.18. The first kappa shape index (κ1) is 20.5. The average Bonchev–Trinajstić information content (AvgIpc) is 2.68. The molecule has 0 radical (unpaired) electrons. The standard InChI is InChI=1S/C20H16Cl2N2O3/c1-3-12(2)20(26)15-8-9-16(19(22)18(15)21)27-11-17(25)24-14-6-4-13(10-23)5-7-14/h4-9H,2-3,11H2,1H3,(H,24,25). The smallest absolute Gasteiger partial charge is 0.262 e. The number of allylic oxidation sites excluding steroid dienone is 1. The van der Waals surface area contributed by atoms with Gasteiger partial charge in [-0.3, -0.25) is 9.59 Å². The molecule has 0 aliphatic heterocycles. The van der Waals surface area contributed by atoms with Crippen molar-refractivity contribution >= 4 is 40.6 Å². The highest BCUT2D eigenvalue weighted by molar-refractivity contribution is 6.45. The summed E-state index contributed by atoms with van der Waals surface area (Å²) >= 11 is 12.3. The lowest BCUT2D eigenvalue weighted by atomic mass is 10.0. The number of nitriles is 1. The van der Waals surface area contributed by atoms with E-state index in [0.29, 0.717) is 23.2 Å². The Balaban J connectivity index is 2.04. The van der Waals surface area contributed by atoms with Crippen molar-refractivity contribution < 1.29 is 14.3 Å². The van der Waals surface area contributed by atoms with Gasteiger partial charge in [0.2, 0.25) is 0 Å². The van der Waals surface area contributed by atoms with Crippen LogP contribution in [-0.2, 0) is 4.79 Å². The molecule has 0 aromatic heterocycles. The van der Waals surface area contributed by atoms with Gasteiger partial charge in [0, 0.05) is 11.3 Å². The van der Waals surface area contributed by atoms with Gasteiger partial charge >= 0.3 is 0 Å². The Bertz CT molecular complexity index is 931. The number of hydrogen-bond donors (Lipinski definition) is 1. The number of benzene rings is 2. The summed E-state index contributed by atoms with van der Waals surface area (Å²) in [6.07, 6.45) is 0.501. The van der Waals surface area contributed by atoms with Gasteiger partial charge in [0.25, 0.3) is 5.91 Å². The molecule has 0 unspecified atom stereocenters. The van der Waals surface area contributed by atoms with Crippen LogP contribution in [0.1, 0.15) is 29.3 Å². The molecule has 7 heteroatoms. The first-order chi connectivity index (χ1) is 12.9. The van der Waals surface area contributed by atoms with Crippen LogP contribution < -0.4 is 10.1 Å². The van der Waals surface area contributed by atoms with Gasteiger partial charge in [0.05, 0.1) is 16.7 Å². The van der Waals surface area contributed by atoms with Crippen LogP contribution in [0.3, 0.4) is 0 Å². The lowest BCUT2D eigenvalue weighted by Crippen LogP contribution is -2.20. The van der Waals surface area contributed by atoms with Crippen molar-refractivity contribution in [3.8, 4) is 11.8 Å². The normalized spacial score (nSPS) is 10.0. The molecule has 0 spiro atoms. The molecule has 0 saturated carbocycles. The van der Waals surface area contributed by atoms with E-state index < -0.39 is 5.91 Å². The maximum Gasteiger partial charge on any atom is 0.262 e. The van der Waals surface area contributed by atoms with Crippen molar-refractivity contribution in [3.05, 3.63) is 69.7 Å². The van der Waals surface area contributed by atoms with Crippen molar-refractivity contribution in [3.63, 3.8) is 0 Å². The number of amides is 1. The van der Waals surface area contributed by atoms with Gasteiger partial charge in [-0.1, -0.05) is 36.7 Å². The number of anilines is 1. The summed E-state index contributed by atoms with van der Waals surface area (Å²) in [5, 5.41) is 11.5. The number of Topliss-reactive ketones (excluding diaryl/α,β-unsaturated/α-hetero) is 1. The Kier molecular flexibility index (Phi) is 7.00. The summed E-state index contributed by atoms with van der Waals surface area (Å²) in [5.74, 6) is -0.503. The lowest BCUT2D eigenvalue weighted by molar-refractivity contribution is -0.118. The van der Waals surface area contributed by atoms with E-state index >= 15 is 0 Å². The largest absolute Gasteiger partial charge is 0.482 e. The number of ketones is 1. The van der Waals surface area contributed by atoms with E-state index in [2.05, 4.69) is 11.9 Å². The van der Waals surface area contributed by atoms with E-state index in [1.54, 1.807) is 24.3 Å². The molecule has 0 heterocycles. The summed E-state index contributed by atoms with van der Waals surface area (Å²) in [6.45, 7) is 5.22. The minimum Gasteiger partial charge on any atom is -0.482 e. The molecular weight excluding hydrogens is 387 g/mol. The highest BCUT2D eigenvalue weighted by atomic mass is 35.5. The Morgan fingerprint density at radius 3 is 2.41 bits per heavy atom. The molecule has 27 heavy (non-hydrogen) atoms. The van der Waals surface area contributed by atoms with Crippen LogP contribution in [0, 0.1) is 11.3 Å². The Morgan fingerprint density at radius 1 is 1.15 bits per heavy atom. The second-order valence-electron chi connectivity index (χ2n) is 5.55. The quantitative estimate of drug-likeness (QED) is 0.519. The van der Waals surface area contributed by atoms with E-state index in [-0.39, 0.29) is 33.7 Å². The fraction of sp³-hybridized carbons (Fsp3) is 0.150. The summed E-state index contributed by atoms with van der Waals surface area (Å²) in [4.78, 5) is 24.2. The third-order valence-electron chi connectivity index (χ3n) is 3.70. The number of nitrogens with zero attached hydrogens (tertiary/aromatic N) is 1. The molecule has 0 aliphatic carbocycles. The van der Waals surface area contributed by atoms with Crippen LogP contribution in [-0.4, -0.2) is 18.3 Å². The zero-order valence-electron chi connectivity index (χ0n) is 14.5. The minimum atomic E-state index is -0.411. The maximum atomic E-state index is 12.2. The molecule has 1 N–H and O–H groups in total. The second kappa shape index (κ2) is 9.22. The number of rotatable bonds is 7. The summed E-state index contributed by atoms with van der Waals surface area (Å²) in [7, 11) is 0. The number of halogens is 2. The molecule has 2 rings (SSSR count). The van der Waals surface area contributed by atoms with Gasteiger partial charge < -0.3 is 10.1 Å². The van der Waals surface area contributed by atoms with Crippen LogP contribution in [0.2, 0.25) is 10.0 Å². The fourth-order valence-electron chi connectivity index (χ4n) is 2.14. The number of carbonyl (C=O) groups is 2. The zero-order valence-corrected chi connectivity index (χ0v) is 16.0. The third-order valence-corrected chi connectivity index (χ3v) is 4.56. The van der Waals surface area contributed by atoms with Gasteiger partial charge in [0.15, 0.2) is 12.4 Å². The topological polar surface area (TPSA) is 79.2 Å². The molecule has 138 valence electrons. The molecule has 0 fully saturated rings. The number of hydrogen-bond acceptors (Lipinski definition) is 4. The molecule has 0 bridgehead atoms. The first-order valence-electron chi connectivity index (χ1n) is 8.00. The average molecular weight is 403 g/mol. The maximum absolute atomic E-state index is 12.2. The SMILES string of the molecule is C=C(CC)C(=O)c1ccc(OCC(=O)Nc2ccc(C#N)cc2)c(Cl)c1Cl. The first-order valence-corrected chi connectivity index (χ1v) is 8.76. The summed E-state index contributed by atoms with van der Waals surface area (Å²) in [5.41, 5.74) is 1.68. The van der Waals surface area contributed by atoms with Crippen molar-refractivity contribution in [1.82, 2.24) is 0 Å². The molecule has 0 saturated heterocycles. The predicted molar refractivity (Wildman–Crippen MR) is 106 cm³/mol. The van der Waals surface area contributed by atoms with Crippen LogP contribution >= 0.6 is 23.2 Å². The molecule has 2 aromatic rings. The van der Waals surface area contributed by atoms with Crippen molar-refractivity contribution in [1.29, 1.82) is 5.26 Å². The van der Waals surface area contributed by atoms with Crippen molar-refractivity contribution in [2.75, 3.05) is 11.9 Å². The van der Waals surface area contributed by atoms with E-state index in [1.165, 1.54) is 12.1 Å². The number of ether oxygens (including phenoxy) is 1. The van der Waals surface area contributed by atoms with Crippen LogP contribution in [0.5, 0.6) is 5.75 Å². The van der Waals surface area contributed by atoms with Crippen LogP contribution in [0.4, 0.5) is 5.69 Å². The van der Waals surface area contributed by atoms with Crippen molar-refractivity contribution in [2.45, 2.75) is 13.3 Å². The molecule has 0 aliphatic rings. The van der Waals surface area contributed by atoms with Crippen LogP contribution in [0.15, 0.2) is 48.6 Å². The monoisotopic (exact) mass is 402 g/mol. The van der Waals surface area contributed by atoms with E-state index in [0.717, 1.165) is 0 Å². The molecule has 5 nitrogen and oxygen atoms in total. The van der Waals surface area contributed by atoms with E-state index in [9.17, 15) is 9.59 Å². The minimum absolute atomic E-state index is 0.0533. The van der Waals surface area contributed by atoms with Gasteiger partial charge in [-0.15, -0.1) is 0 Å². The van der Waals surface area contributed by atoms with E-state index in [1.807, 2.05) is 13.0 Å². The van der Waals surface area contributed by atoms with Gasteiger partial charge in [-0.2, -0.15) is 5.26 Å². The van der Waals surface area contributed by atoms with E-state index in [4.69, 9.17) is 33.2 Å². The third kappa shape index (κ3) is 5.10. The highest BCUT2D eigenvalue weighted by Crippen LogP contribution is 2.35. The Morgan fingerprint density at radius 2 is 1.81 bits per heavy atom. The molecule has 0 atom stereocenters.